The van der Waals surface area contributed by atoms with E-state index in [0.29, 0.717) is 17.7 Å². The third kappa shape index (κ3) is 3.23. The molecular weight excluding hydrogens is 304 g/mol. The van der Waals surface area contributed by atoms with Crippen LogP contribution in [0.4, 0.5) is 0 Å². The highest BCUT2D eigenvalue weighted by atomic mass is 16.5. The van der Waals surface area contributed by atoms with Crippen LogP contribution in [0.25, 0.3) is 21.5 Å². The second kappa shape index (κ2) is 6.71. The fourth-order valence-corrected chi connectivity index (χ4v) is 2.74. The summed E-state index contributed by atoms with van der Waals surface area (Å²) in [7, 11) is 0. The van der Waals surface area contributed by atoms with E-state index in [9.17, 15) is 9.59 Å². The molecule has 0 heterocycles. The number of benzene rings is 3. The second-order valence-corrected chi connectivity index (χ2v) is 5.56. The molecule has 4 heteroatoms. The minimum Gasteiger partial charge on any atom is -0.462 e. The van der Waals surface area contributed by atoms with Crippen molar-refractivity contribution in [3.05, 3.63) is 59.7 Å². The van der Waals surface area contributed by atoms with Gasteiger partial charge in [0.1, 0.15) is 6.61 Å². The van der Waals surface area contributed by atoms with Gasteiger partial charge in [-0.1, -0.05) is 24.3 Å². The van der Waals surface area contributed by atoms with Crippen molar-refractivity contribution in [1.82, 2.24) is 0 Å². The van der Waals surface area contributed by atoms with E-state index >= 15 is 0 Å². The lowest BCUT2D eigenvalue weighted by atomic mass is 9.98. The Hall–Kier alpha value is -2.88. The van der Waals surface area contributed by atoms with Crippen molar-refractivity contribution in [2.24, 2.45) is 0 Å². The number of carbonyl (C=O) groups is 2. The molecule has 0 saturated carbocycles. The van der Waals surface area contributed by atoms with Gasteiger partial charge in [0.25, 0.3) is 0 Å². The van der Waals surface area contributed by atoms with E-state index in [1.807, 2.05) is 36.4 Å². The number of hydrogen-bond donors (Lipinski definition) is 0. The molecule has 0 saturated heterocycles. The highest BCUT2D eigenvalue weighted by Crippen LogP contribution is 2.27. The van der Waals surface area contributed by atoms with Gasteiger partial charge in [0.05, 0.1) is 12.2 Å². The molecule has 0 fully saturated rings. The molecule has 3 aromatic rings. The van der Waals surface area contributed by atoms with Crippen LogP contribution >= 0.6 is 0 Å². The minimum atomic E-state index is -0.408. The molecule has 0 unspecified atom stereocenters. The molecule has 0 atom stereocenters. The second-order valence-electron chi connectivity index (χ2n) is 5.56. The van der Waals surface area contributed by atoms with Gasteiger partial charge in [-0.2, -0.15) is 0 Å². The fraction of sp³-hybridized carbons (Fsp3) is 0.200. The number of fused-ring (bicyclic) bond motifs is 2. The van der Waals surface area contributed by atoms with Gasteiger partial charge in [0.15, 0.2) is 0 Å². The van der Waals surface area contributed by atoms with Crippen LogP contribution in [-0.4, -0.2) is 18.5 Å². The summed E-state index contributed by atoms with van der Waals surface area (Å²) in [6, 6.07) is 15.8. The predicted molar refractivity (Wildman–Crippen MR) is 92.9 cm³/mol. The first kappa shape index (κ1) is 16.0. The summed E-state index contributed by atoms with van der Waals surface area (Å²) in [5.74, 6) is -0.793. The third-order valence-corrected chi connectivity index (χ3v) is 3.85. The summed E-state index contributed by atoms with van der Waals surface area (Å²) in [6.45, 7) is 3.45. The van der Waals surface area contributed by atoms with Crippen molar-refractivity contribution >= 4 is 33.5 Å². The molecule has 0 N–H and O–H groups in total. The maximum atomic E-state index is 12.3. The van der Waals surface area contributed by atoms with Gasteiger partial charge in [0.2, 0.25) is 0 Å². The smallest absolute Gasteiger partial charge is 0.338 e. The monoisotopic (exact) mass is 322 g/mol. The molecule has 0 aliphatic carbocycles. The van der Waals surface area contributed by atoms with Crippen molar-refractivity contribution in [1.29, 1.82) is 0 Å². The van der Waals surface area contributed by atoms with E-state index in [1.54, 1.807) is 13.0 Å². The van der Waals surface area contributed by atoms with Crippen molar-refractivity contribution in [2.75, 3.05) is 6.61 Å². The van der Waals surface area contributed by atoms with E-state index < -0.39 is 5.97 Å². The molecule has 4 nitrogen and oxygen atoms in total. The van der Waals surface area contributed by atoms with Gasteiger partial charge >= 0.3 is 11.9 Å². The molecule has 0 aromatic heterocycles. The SMILES string of the molecule is CCOC(=O)c1cc2cc3ccccc3cc2cc1COC(C)=O. The number of rotatable bonds is 4. The molecule has 3 aromatic carbocycles. The standard InChI is InChI=1S/C20H18O4/c1-3-23-20(22)19-11-17-9-15-7-5-4-6-14(15)8-16(17)10-18(19)12-24-13(2)21/h4-11H,3,12H2,1-2H3. The molecule has 122 valence electrons. The molecule has 0 radical (unpaired) electrons. The van der Waals surface area contributed by atoms with Crippen LogP contribution in [-0.2, 0) is 20.9 Å². The Labute approximate surface area is 140 Å². The number of esters is 2. The molecule has 0 aliphatic rings. The molecule has 0 aliphatic heterocycles. The van der Waals surface area contributed by atoms with Crippen LogP contribution in [0.5, 0.6) is 0 Å². The summed E-state index contributed by atoms with van der Waals surface area (Å²) in [6.07, 6.45) is 0. The first-order valence-electron chi connectivity index (χ1n) is 7.84. The highest BCUT2D eigenvalue weighted by molar-refractivity contribution is 6.02. The zero-order valence-electron chi connectivity index (χ0n) is 13.7. The first-order chi connectivity index (χ1) is 11.6. The molecule has 0 spiro atoms. The average molecular weight is 322 g/mol. The molecule has 0 amide bonds. The summed E-state index contributed by atoms with van der Waals surface area (Å²) in [5.41, 5.74) is 1.08. The van der Waals surface area contributed by atoms with Gasteiger partial charge in [-0.3, -0.25) is 4.79 Å². The van der Waals surface area contributed by atoms with Gasteiger partial charge < -0.3 is 9.47 Å². The third-order valence-electron chi connectivity index (χ3n) is 3.85. The van der Waals surface area contributed by atoms with Crippen LogP contribution in [0.3, 0.4) is 0 Å². The van der Waals surface area contributed by atoms with Crippen molar-refractivity contribution in [3.8, 4) is 0 Å². The number of ether oxygens (including phenoxy) is 2. The normalized spacial score (nSPS) is 10.8. The van der Waals surface area contributed by atoms with Crippen molar-refractivity contribution in [2.45, 2.75) is 20.5 Å². The Morgan fingerprint density at radius 2 is 1.50 bits per heavy atom. The van der Waals surface area contributed by atoms with Crippen LogP contribution in [0.2, 0.25) is 0 Å². The van der Waals surface area contributed by atoms with E-state index in [1.165, 1.54) is 6.92 Å². The summed E-state index contributed by atoms with van der Waals surface area (Å²) in [5, 5.41) is 4.16. The Morgan fingerprint density at radius 3 is 2.08 bits per heavy atom. The number of hydrogen-bond acceptors (Lipinski definition) is 4. The maximum absolute atomic E-state index is 12.3. The summed E-state index contributed by atoms with van der Waals surface area (Å²) < 4.78 is 10.2. The predicted octanol–water partition coefficient (Wildman–Crippen LogP) is 4.23. The maximum Gasteiger partial charge on any atom is 0.338 e. The zero-order valence-corrected chi connectivity index (χ0v) is 13.7. The average Bonchev–Trinajstić information content (AvgIpc) is 2.57. The van der Waals surface area contributed by atoms with Crippen LogP contribution in [0.1, 0.15) is 29.8 Å². The van der Waals surface area contributed by atoms with E-state index in [4.69, 9.17) is 9.47 Å². The minimum absolute atomic E-state index is 0.0479. The zero-order chi connectivity index (χ0) is 17.1. The van der Waals surface area contributed by atoms with Crippen LogP contribution in [0.15, 0.2) is 48.5 Å². The fourth-order valence-electron chi connectivity index (χ4n) is 2.74. The lowest BCUT2D eigenvalue weighted by Gasteiger charge is -2.12. The lowest BCUT2D eigenvalue weighted by molar-refractivity contribution is -0.142. The Bertz CT molecular complexity index is 927. The number of carbonyl (C=O) groups excluding carboxylic acids is 2. The van der Waals surface area contributed by atoms with Gasteiger partial charge in [-0.25, -0.2) is 4.79 Å². The quantitative estimate of drug-likeness (QED) is 0.533. The molecule has 0 bridgehead atoms. The highest BCUT2D eigenvalue weighted by Gasteiger charge is 2.15. The Kier molecular flexibility index (Phi) is 4.47. The largest absolute Gasteiger partial charge is 0.462 e. The van der Waals surface area contributed by atoms with Gasteiger partial charge in [0, 0.05) is 12.5 Å². The Morgan fingerprint density at radius 1 is 0.875 bits per heavy atom. The molecule has 24 heavy (non-hydrogen) atoms. The van der Waals surface area contributed by atoms with E-state index in [-0.39, 0.29) is 12.6 Å². The Balaban J connectivity index is 2.16. The topological polar surface area (TPSA) is 52.6 Å². The van der Waals surface area contributed by atoms with Gasteiger partial charge in [-0.15, -0.1) is 0 Å². The van der Waals surface area contributed by atoms with Gasteiger partial charge in [-0.05, 0) is 52.7 Å². The molecule has 3 rings (SSSR count). The van der Waals surface area contributed by atoms with Crippen molar-refractivity contribution in [3.63, 3.8) is 0 Å². The van der Waals surface area contributed by atoms with Crippen molar-refractivity contribution < 1.29 is 19.1 Å². The van der Waals surface area contributed by atoms with Crippen LogP contribution in [0, 0.1) is 0 Å². The lowest BCUT2D eigenvalue weighted by Crippen LogP contribution is -2.10. The van der Waals surface area contributed by atoms with Crippen LogP contribution < -0.4 is 0 Å². The first-order valence-corrected chi connectivity index (χ1v) is 7.84. The van der Waals surface area contributed by atoms with E-state index in [0.717, 1.165) is 21.5 Å². The van der Waals surface area contributed by atoms with E-state index in [2.05, 4.69) is 6.07 Å². The summed E-state index contributed by atoms with van der Waals surface area (Å²) >= 11 is 0. The molecular formula is C20H18O4. The summed E-state index contributed by atoms with van der Waals surface area (Å²) in [4.78, 5) is 23.4.